The summed E-state index contributed by atoms with van der Waals surface area (Å²) < 4.78 is 11.2. The van der Waals surface area contributed by atoms with Gasteiger partial charge in [-0.3, -0.25) is 4.79 Å². The van der Waals surface area contributed by atoms with Crippen LogP contribution in [0.15, 0.2) is 59.1 Å². The molecule has 3 aromatic rings. The topological polar surface area (TPSA) is 68.5 Å². The zero-order valence-corrected chi connectivity index (χ0v) is 15.0. The molecule has 27 heavy (non-hydrogen) atoms. The second kappa shape index (κ2) is 8.03. The Morgan fingerprint density at radius 2 is 1.74 bits per heavy atom. The van der Waals surface area contributed by atoms with E-state index < -0.39 is 0 Å². The van der Waals surface area contributed by atoms with Gasteiger partial charge in [0.05, 0.1) is 5.56 Å². The average Bonchev–Trinajstić information content (AvgIpc) is 3.23. The van der Waals surface area contributed by atoms with Crippen molar-refractivity contribution in [2.45, 2.75) is 19.3 Å². The van der Waals surface area contributed by atoms with E-state index in [9.17, 15) is 4.79 Å². The fourth-order valence-corrected chi connectivity index (χ4v) is 3.18. The summed E-state index contributed by atoms with van der Waals surface area (Å²) in [6, 6.07) is 17.0. The SMILES string of the molecule is O=C(COc1ccccc1-c1nc(-c2ccccc2)no1)N1CCCCC1. The molecule has 0 bridgehead atoms. The molecule has 0 aliphatic carbocycles. The molecule has 1 amide bonds. The molecule has 138 valence electrons. The summed E-state index contributed by atoms with van der Waals surface area (Å²) in [5.41, 5.74) is 1.56. The van der Waals surface area contributed by atoms with Crippen LogP contribution in [0, 0.1) is 0 Å². The second-order valence-electron chi connectivity index (χ2n) is 6.52. The molecule has 1 saturated heterocycles. The van der Waals surface area contributed by atoms with Crippen LogP contribution in [-0.4, -0.2) is 40.6 Å². The molecular weight excluding hydrogens is 342 g/mol. The van der Waals surface area contributed by atoms with Crippen molar-refractivity contribution >= 4 is 5.91 Å². The lowest BCUT2D eigenvalue weighted by Gasteiger charge is -2.26. The largest absolute Gasteiger partial charge is 0.483 e. The fourth-order valence-electron chi connectivity index (χ4n) is 3.18. The Bertz CT molecular complexity index is 902. The highest BCUT2D eigenvalue weighted by Gasteiger charge is 2.19. The highest BCUT2D eigenvalue weighted by Crippen LogP contribution is 2.30. The Labute approximate surface area is 157 Å². The van der Waals surface area contributed by atoms with E-state index in [2.05, 4.69) is 10.1 Å². The van der Waals surface area contributed by atoms with Gasteiger partial charge in [-0.15, -0.1) is 0 Å². The maximum Gasteiger partial charge on any atom is 0.262 e. The molecule has 0 unspecified atom stereocenters. The van der Waals surface area contributed by atoms with E-state index in [1.54, 1.807) is 0 Å². The van der Waals surface area contributed by atoms with Gasteiger partial charge in [-0.2, -0.15) is 4.98 Å². The lowest BCUT2D eigenvalue weighted by Crippen LogP contribution is -2.38. The number of hydrogen-bond donors (Lipinski definition) is 0. The molecule has 6 heteroatoms. The number of amides is 1. The van der Waals surface area contributed by atoms with Gasteiger partial charge in [0.25, 0.3) is 11.8 Å². The van der Waals surface area contributed by atoms with Crippen molar-refractivity contribution in [2.24, 2.45) is 0 Å². The first-order valence-electron chi connectivity index (χ1n) is 9.20. The first-order chi connectivity index (χ1) is 13.3. The molecule has 0 N–H and O–H groups in total. The smallest absolute Gasteiger partial charge is 0.262 e. The summed E-state index contributed by atoms with van der Waals surface area (Å²) in [5, 5.41) is 4.06. The molecule has 1 aliphatic heterocycles. The molecule has 1 fully saturated rings. The number of likely N-dealkylation sites (tertiary alicyclic amines) is 1. The maximum absolute atomic E-state index is 12.4. The Morgan fingerprint density at radius 3 is 2.56 bits per heavy atom. The highest BCUT2D eigenvalue weighted by molar-refractivity contribution is 5.78. The van der Waals surface area contributed by atoms with Crippen molar-refractivity contribution in [3.8, 4) is 28.6 Å². The summed E-state index contributed by atoms with van der Waals surface area (Å²) in [4.78, 5) is 18.7. The van der Waals surface area contributed by atoms with Crippen LogP contribution in [0.3, 0.4) is 0 Å². The zero-order valence-electron chi connectivity index (χ0n) is 15.0. The summed E-state index contributed by atoms with van der Waals surface area (Å²) in [5.74, 6) is 1.46. The normalized spacial score (nSPS) is 14.1. The predicted octanol–water partition coefficient (Wildman–Crippen LogP) is 3.79. The van der Waals surface area contributed by atoms with Gasteiger partial charge in [-0.05, 0) is 31.4 Å². The van der Waals surface area contributed by atoms with Crippen molar-refractivity contribution in [3.63, 3.8) is 0 Å². The summed E-state index contributed by atoms with van der Waals surface area (Å²) in [7, 11) is 0. The van der Waals surface area contributed by atoms with Crippen LogP contribution in [0.4, 0.5) is 0 Å². The molecule has 4 rings (SSSR count). The Morgan fingerprint density at radius 1 is 1.00 bits per heavy atom. The average molecular weight is 363 g/mol. The first-order valence-corrected chi connectivity index (χ1v) is 9.20. The van der Waals surface area contributed by atoms with E-state index >= 15 is 0 Å². The van der Waals surface area contributed by atoms with Gasteiger partial charge in [0.1, 0.15) is 5.75 Å². The number of nitrogens with zero attached hydrogens (tertiary/aromatic N) is 3. The van der Waals surface area contributed by atoms with Crippen molar-refractivity contribution < 1.29 is 14.1 Å². The van der Waals surface area contributed by atoms with E-state index in [0.717, 1.165) is 31.5 Å². The van der Waals surface area contributed by atoms with E-state index in [1.165, 1.54) is 6.42 Å². The van der Waals surface area contributed by atoms with E-state index in [-0.39, 0.29) is 12.5 Å². The fraction of sp³-hybridized carbons (Fsp3) is 0.286. The van der Waals surface area contributed by atoms with Crippen molar-refractivity contribution in [2.75, 3.05) is 19.7 Å². The molecule has 0 spiro atoms. The Hall–Kier alpha value is -3.15. The predicted molar refractivity (Wildman–Crippen MR) is 101 cm³/mol. The number of benzene rings is 2. The van der Waals surface area contributed by atoms with Gasteiger partial charge in [0, 0.05) is 18.7 Å². The molecule has 6 nitrogen and oxygen atoms in total. The number of carbonyl (C=O) groups excluding carboxylic acids is 1. The monoisotopic (exact) mass is 363 g/mol. The Balaban J connectivity index is 1.50. The number of ether oxygens (including phenoxy) is 1. The molecule has 1 aliphatic rings. The van der Waals surface area contributed by atoms with Crippen molar-refractivity contribution in [1.82, 2.24) is 15.0 Å². The number of hydrogen-bond acceptors (Lipinski definition) is 5. The summed E-state index contributed by atoms with van der Waals surface area (Å²) >= 11 is 0. The number of para-hydroxylation sites is 1. The number of piperidine rings is 1. The Kier molecular flexibility index (Phi) is 5.14. The number of rotatable bonds is 5. The van der Waals surface area contributed by atoms with Crippen LogP contribution in [0.25, 0.3) is 22.8 Å². The van der Waals surface area contributed by atoms with Crippen LogP contribution < -0.4 is 4.74 Å². The quantitative estimate of drug-likeness (QED) is 0.690. The number of aromatic nitrogens is 2. The summed E-state index contributed by atoms with van der Waals surface area (Å²) in [6.45, 7) is 1.64. The molecule has 2 heterocycles. The number of carbonyl (C=O) groups is 1. The van der Waals surface area contributed by atoms with E-state index in [4.69, 9.17) is 9.26 Å². The lowest BCUT2D eigenvalue weighted by atomic mass is 10.1. The molecule has 0 saturated carbocycles. The standard InChI is InChI=1S/C21H21N3O3/c25-19(24-13-7-2-8-14-24)15-26-18-12-6-5-11-17(18)21-22-20(23-27-21)16-9-3-1-4-10-16/h1,3-6,9-12H,2,7-8,13-15H2. The van der Waals surface area contributed by atoms with Crippen molar-refractivity contribution in [3.05, 3.63) is 54.6 Å². The minimum absolute atomic E-state index is 0.0106. The third-order valence-corrected chi connectivity index (χ3v) is 4.64. The van der Waals surface area contributed by atoms with Gasteiger partial charge in [-0.1, -0.05) is 47.6 Å². The van der Waals surface area contributed by atoms with Gasteiger partial charge >= 0.3 is 0 Å². The molecule has 1 aromatic heterocycles. The first kappa shape index (κ1) is 17.3. The third-order valence-electron chi connectivity index (χ3n) is 4.64. The third kappa shape index (κ3) is 4.00. The highest BCUT2D eigenvalue weighted by atomic mass is 16.5. The maximum atomic E-state index is 12.4. The van der Waals surface area contributed by atoms with Gasteiger partial charge < -0.3 is 14.2 Å². The van der Waals surface area contributed by atoms with E-state index in [1.807, 2.05) is 59.5 Å². The van der Waals surface area contributed by atoms with Crippen LogP contribution in [-0.2, 0) is 4.79 Å². The molecule has 0 radical (unpaired) electrons. The minimum atomic E-state index is 0.0106. The van der Waals surface area contributed by atoms with Crippen molar-refractivity contribution in [1.29, 1.82) is 0 Å². The van der Waals surface area contributed by atoms with E-state index in [0.29, 0.717) is 23.0 Å². The second-order valence-corrected chi connectivity index (χ2v) is 6.52. The van der Waals surface area contributed by atoms with Gasteiger partial charge in [0.15, 0.2) is 6.61 Å². The minimum Gasteiger partial charge on any atom is -0.483 e. The zero-order chi connectivity index (χ0) is 18.5. The van der Waals surface area contributed by atoms with Gasteiger partial charge in [-0.25, -0.2) is 0 Å². The van der Waals surface area contributed by atoms with Crippen LogP contribution in [0.2, 0.25) is 0 Å². The van der Waals surface area contributed by atoms with Crippen LogP contribution >= 0.6 is 0 Å². The molecular formula is C21H21N3O3. The summed E-state index contributed by atoms with van der Waals surface area (Å²) in [6.07, 6.45) is 3.31. The molecule has 0 atom stereocenters. The van der Waals surface area contributed by atoms with Gasteiger partial charge in [0.2, 0.25) is 5.82 Å². The molecule has 2 aromatic carbocycles. The van der Waals surface area contributed by atoms with Crippen LogP contribution in [0.5, 0.6) is 5.75 Å². The lowest BCUT2D eigenvalue weighted by molar-refractivity contribution is -0.134. The van der Waals surface area contributed by atoms with Crippen LogP contribution in [0.1, 0.15) is 19.3 Å².